The van der Waals surface area contributed by atoms with Crippen LogP contribution >= 0.6 is 34.4 Å². The van der Waals surface area contributed by atoms with Crippen molar-refractivity contribution in [1.29, 1.82) is 0 Å². The summed E-state index contributed by atoms with van der Waals surface area (Å²) in [5.74, 6) is 1.27. The second-order valence-electron chi connectivity index (χ2n) is 6.22. The fourth-order valence-corrected chi connectivity index (χ4v) is 5.97. The molecule has 1 amide bonds. The van der Waals surface area contributed by atoms with Crippen LogP contribution in [0.2, 0.25) is 0 Å². The van der Waals surface area contributed by atoms with E-state index in [0.717, 1.165) is 33.9 Å². The molecule has 1 saturated carbocycles. The number of thiophene rings is 2. The van der Waals surface area contributed by atoms with Gasteiger partial charge in [0.1, 0.15) is 15.7 Å². The number of carbonyl (C=O) groups excluding carboxylic acids is 1. The van der Waals surface area contributed by atoms with Gasteiger partial charge in [0.15, 0.2) is 0 Å². The van der Waals surface area contributed by atoms with E-state index in [-0.39, 0.29) is 5.91 Å². The van der Waals surface area contributed by atoms with E-state index in [9.17, 15) is 4.79 Å². The number of fused-ring (bicyclic) bond motifs is 1. The van der Waals surface area contributed by atoms with E-state index >= 15 is 0 Å². The van der Waals surface area contributed by atoms with Crippen molar-refractivity contribution in [2.75, 3.05) is 5.75 Å². The Kier molecular flexibility index (Phi) is 5.05. The Morgan fingerprint density at radius 3 is 2.92 bits per heavy atom. The van der Waals surface area contributed by atoms with Crippen molar-refractivity contribution in [3.63, 3.8) is 0 Å². The molecule has 0 saturated heterocycles. The van der Waals surface area contributed by atoms with Crippen LogP contribution < -0.4 is 5.32 Å². The van der Waals surface area contributed by atoms with Crippen LogP contribution in [0.5, 0.6) is 0 Å². The number of hydrogen-bond donors (Lipinski definition) is 1. The SMILES string of the molecule is Cc1nc(SCC(=O)NC2CCCC2)c2c(-c3cccs3)csc2n1. The van der Waals surface area contributed by atoms with Crippen LogP contribution in [0.25, 0.3) is 20.7 Å². The molecule has 0 spiro atoms. The van der Waals surface area contributed by atoms with E-state index in [1.807, 2.05) is 6.92 Å². The number of rotatable bonds is 5. The molecule has 130 valence electrons. The van der Waals surface area contributed by atoms with Gasteiger partial charge in [0.2, 0.25) is 5.91 Å². The number of amides is 1. The summed E-state index contributed by atoms with van der Waals surface area (Å²) >= 11 is 4.88. The Morgan fingerprint density at radius 1 is 1.32 bits per heavy atom. The summed E-state index contributed by atoms with van der Waals surface area (Å²) in [6, 6.07) is 4.54. The maximum Gasteiger partial charge on any atom is 0.230 e. The molecule has 0 aliphatic heterocycles. The van der Waals surface area contributed by atoms with Gasteiger partial charge in [-0.25, -0.2) is 9.97 Å². The maximum absolute atomic E-state index is 12.3. The van der Waals surface area contributed by atoms with E-state index in [2.05, 4.69) is 38.2 Å². The highest BCUT2D eigenvalue weighted by molar-refractivity contribution is 8.00. The van der Waals surface area contributed by atoms with Crippen molar-refractivity contribution in [2.24, 2.45) is 0 Å². The van der Waals surface area contributed by atoms with Gasteiger partial charge in [0.25, 0.3) is 0 Å². The first-order valence-corrected chi connectivity index (χ1v) is 11.2. The highest BCUT2D eigenvalue weighted by Crippen LogP contribution is 2.39. The minimum absolute atomic E-state index is 0.106. The Balaban J connectivity index is 1.57. The van der Waals surface area contributed by atoms with Crippen molar-refractivity contribution >= 4 is 50.6 Å². The summed E-state index contributed by atoms with van der Waals surface area (Å²) in [5.41, 5.74) is 1.17. The average molecular weight is 390 g/mol. The van der Waals surface area contributed by atoms with Gasteiger partial charge in [-0.15, -0.1) is 22.7 Å². The Morgan fingerprint density at radius 2 is 2.16 bits per heavy atom. The first-order valence-electron chi connectivity index (χ1n) is 8.42. The molecule has 3 aromatic rings. The molecule has 0 radical (unpaired) electrons. The molecule has 1 fully saturated rings. The lowest BCUT2D eigenvalue weighted by Gasteiger charge is -2.11. The average Bonchev–Trinajstić information content (AvgIpc) is 3.32. The largest absolute Gasteiger partial charge is 0.353 e. The monoisotopic (exact) mass is 389 g/mol. The van der Waals surface area contributed by atoms with Gasteiger partial charge < -0.3 is 5.32 Å². The molecule has 0 unspecified atom stereocenters. The van der Waals surface area contributed by atoms with Gasteiger partial charge in [-0.05, 0) is 31.2 Å². The lowest BCUT2D eigenvalue weighted by molar-refractivity contribution is -0.119. The van der Waals surface area contributed by atoms with Crippen molar-refractivity contribution < 1.29 is 4.79 Å². The normalized spacial score (nSPS) is 15.1. The zero-order valence-corrected chi connectivity index (χ0v) is 16.4. The second-order valence-corrected chi connectivity index (χ2v) is 8.99. The molecule has 1 N–H and O–H groups in total. The predicted molar refractivity (Wildman–Crippen MR) is 107 cm³/mol. The molecule has 7 heteroatoms. The zero-order valence-electron chi connectivity index (χ0n) is 13.9. The van der Waals surface area contributed by atoms with Crippen LogP contribution in [-0.2, 0) is 4.79 Å². The van der Waals surface area contributed by atoms with Gasteiger partial charge in [0.05, 0.1) is 11.1 Å². The molecule has 3 heterocycles. The number of thioether (sulfide) groups is 1. The number of aromatic nitrogens is 2. The van der Waals surface area contributed by atoms with E-state index < -0.39 is 0 Å². The third-order valence-corrected chi connectivity index (χ3v) is 7.11. The van der Waals surface area contributed by atoms with Crippen LogP contribution in [0.4, 0.5) is 0 Å². The smallest absolute Gasteiger partial charge is 0.230 e. The maximum atomic E-state index is 12.3. The molecule has 25 heavy (non-hydrogen) atoms. The summed E-state index contributed by atoms with van der Waals surface area (Å²) in [7, 11) is 0. The first-order chi connectivity index (χ1) is 12.2. The van der Waals surface area contributed by atoms with Crippen LogP contribution in [-0.4, -0.2) is 27.7 Å². The summed E-state index contributed by atoms with van der Waals surface area (Å²) in [6.07, 6.45) is 4.67. The fraction of sp³-hybridized carbons (Fsp3) is 0.389. The summed E-state index contributed by atoms with van der Waals surface area (Å²) in [4.78, 5) is 23.7. The summed E-state index contributed by atoms with van der Waals surface area (Å²) in [6.45, 7) is 1.91. The summed E-state index contributed by atoms with van der Waals surface area (Å²) < 4.78 is 0. The third-order valence-electron chi connectivity index (χ3n) is 4.36. The number of aryl methyl sites for hydroxylation is 1. The molecule has 0 atom stereocenters. The lowest BCUT2D eigenvalue weighted by Crippen LogP contribution is -2.33. The minimum Gasteiger partial charge on any atom is -0.353 e. The second kappa shape index (κ2) is 7.43. The number of nitrogens with one attached hydrogen (secondary N) is 1. The number of carbonyl (C=O) groups is 1. The highest BCUT2D eigenvalue weighted by atomic mass is 32.2. The molecule has 4 nitrogen and oxygen atoms in total. The van der Waals surface area contributed by atoms with Crippen molar-refractivity contribution in [3.8, 4) is 10.4 Å². The van der Waals surface area contributed by atoms with E-state index in [1.54, 1.807) is 22.7 Å². The quantitative estimate of drug-likeness (QED) is 0.499. The Labute approximate surface area is 159 Å². The van der Waals surface area contributed by atoms with Crippen LogP contribution in [0.3, 0.4) is 0 Å². The minimum atomic E-state index is 0.106. The van der Waals surface area contributed by atoms with Crippen LogP contribution in [0.15, 0.2) is 27.9 Å². The van der Waals surface area contributed by atoms with Crippen molar-refractivity contribution in [3.05, 3.63) is 28.7 Å². The molecular formula is C18H19N3OS3. The predicted octanol–water partition coefficient (Wildman–Crippen LogP) is 4.88. The Hall–Kier alpha value is -1.44. The topological polar surface area (TPSA) is 54.9 Å². The third kappa shape index (κ3) is 3.73. The van der Waals surface area contributed by atoms with Gasteiger partial charge in [0, 0.05) is 21.9 Å². The van der Waals surface area contributed by atoms with Gasteiger partial charge in [-0.1, -0.05) is 30.7 Å². The van der Waals surface area contributed by atoms with Crippen molar-refractivity contribution in [1.82, 2.24) is 15.3 Å². The molecule has 1 aliphatic carbocycles. The summed E-state index contributed by atoms with van der Waals surface area (Å²) in [5, 5.41) is 9.37. The Bertz CT molecular complexity index is 882. The van der Waals surface area contributed by atoms with E-state index in [0.29, 0.717) is 11.8 Å². The zero-order chi connectivity index (χ0) is 17.2. The molecule has 4 rings (SSSR count). The lowest BCUT2D eigenvalue weighted by atomic mass is 10.2. The van der Waals surface area contributed by atoms with Crippen LogP contribution in [0, 0.1) is 6.92 Å². The molecule has 1 aliphatic rings. The van der Waals surface area contributed by atoms with Gasteiger partial charge >= 0.3 is 0 Å². The molecule has 3 aromatic heterocycles. The van der Waals surface area contributed by atoms with Gasteiger partial charge in [-0.2, -0.15) is 0 Å². The first kappa shape index (κ1) is 17.0. The highest BCUT2D eigenvalue weighted by Gasteiger charge is 2.19. The molecule has 0 bridgehead atoms. The number of nitrogens with zero attached hydrogens (tertiary/aromatic N) is 2. The number of hydrogen-bond acceptors (Lipinski definition) is 6. The van der Waals surface area contributed by atoms with Gasteiger partial charge in [-0.3, -0.25) is 4.79 Å². The molecular weight excluding hydrogens is 370 g/mol. The molecule has 0 aromatic carbocycles. The van der Waals surface area contributed by atoms with E-state index in [4.69, 9.17) is 0 Å². The standard InChI is InChI=1S/C18H19N3OS3/c1-11-19-17-16(13(9-24-17)14-7-4-8-23-14)18(20-11)25-10-15(22)21-12-5-2-3-6-12/h4,7-9,12H,2-3,5-6,10H2,1H3,(H,21,22). The van der Waals surface area contributed by atoms with E-state index in [1.165, 1.54) is 35.0 Å². The van der Waals surface area contributed by atoms with Crippen LogP contribution in [0.1, 0.15) is 31.5 Å². The van der Waals surface area contributed by atoms with Crippen molar-refractivity contribution in [2.45, 2.75) is 43.7 Å². The fourth-order valence-electron chi connectivity index (χ4n) is 3.20.